The van der Waals surface area contributed by atoms with E-state index in [-0.39, 0.29) is 40.6 Å². The Labute approximate surface area is 193 Å². The number of piperidine rings is 1. The van der Waals surface area contributed by atoms with Gasteiger partial charge in [0.05, 0.1) is 11.2 Å². The summed E-state index contributed by atoms with van der Waals surface area (Å²) in [5.74, 6) is -0.157. The Morgan fingerprint density at radius 2 is 1.94 bits per heavy atom. The summed E-state index contributed by atoms with van der Waals surface area (Å²) in [4.78, 5) is 24.2. The minimum absolute atomic E-state index is 0.0962. The van der Waals surface area contributed by atoms with Gasteiger partial charge in [0.1, 0.15) is 12.7 Å². The molecule has 1 fully saturated rings. The highest BCUT2D eigenvalue weighted by molar-refractivity contribution is 7.70. The van der Waals surface area contributed by atoms with E-state index in [2.05, 4.69) is 30.9 Å². The maximum atomic E-state index is 13.9. The number of carbonyl (C=O) groups is 1. The predicted molar refractivity (Wildman–Crippen MR) is 124 cm³/mol. The minimum Gasteiger partial charge on any atom is -0.360 e. The quantitative estimate of drug-likeness (QED) is 0.389. The number of nitrogens with one attached hydrogen (secondary N) is 4. The molecule has 34 heavy (non-hydrogen) atoms. The number of halogens is 3. The lowest BCUT2D eigenvalue weighted by Gasteiger charge is -2.31. The first-order valence-electron chi connectivity index (χ1n) is 10.9. The minimum atomic E-state index is -4.69. The number of aromatic nitrogens is 3. The largest absolute Gasteiger partial charge is 0.419 e. The number of nitrogens with zero attached hydrogens (tertiary/aromatic N) is 2. The van der Waals surface area contributed by atoms with Crippen LogP contribution in [-0.2, 0) is 10.7 Å². The summed E-state index contributed by atoms with van der Waals surface area (Å²) in [6, 6.07) is 2.98. The van der Waals surface area contributed by atoms with Crippen molar-refractivity contribution >= 4 is 35.2 Å². The lowest BCUT2D eigenvalue weighted by atomic mass is 9.95. The third-order valence-electron chi connectivity index (χ3n) is 6.29. The third kappa shape index (κ3) is 4.18. The number of carbonyl (C=O) groups excluding carboxylic acids is 1. The number of H-pyrrole nitrogens is 1. The zero-order valence-electron chi connectivity index (χ0n) is 18.6. The van der Waals surface area contributed by atoms with Gasteiger partial charge >= 0.3 is 6.18 Å². The number of alkyl halides is 3. The average molecular weight is 492 g/mol. The molecule has 2 aliphatic rings. The Morgan fingerprint density at radius 3 is 2.68 bits per heavy atom. The lowest BCUT2D eigenvalue weighted by molar-refractivity contribution is -0.137. The van der Waals surface area contributed by atoms with Crippen molar-refractivity contribution in [3.05, 3.63) is 35.7 Å². The van der Waals surface area contributed by atoms with Crippen LogP contribution in [0.2, 0.25) is 0 Å². The van der Waals surface area contributed by atoms with E-state index in [1.807, 2.05) is 0 Å². The number of hydrogen-bond donors (Lipinski definition) is 4. The van der Waals surface area contributed by atoms with Crippen LogP contribution in [-0.4, -0.2) is 59.9 Å². The fraction of sp³-hybridized carbons (Fsp3) is 0.409. The molecule has 8 nitrogen and oxygen atoms in total. The summed E-state index contributed by atoms with van der Waals surface area (Å²) < 4.78 is 54.9. The maximum Gasteiger partial charge on any atom is 0.419 e. The number of rotatable bonds is 1. The van der Waals surface area contributed by atoms with Crippen molar-refractivity contribution in [3.8, 4) is 11.3 Å². The number of anilines is 1. The predicted octanol–water partition coefficient (Wildman–Crippen LogP) is 3.03. The molecule has 0 saturated carbocycles. The fourth-order valence-corrected chi connectivity index (χ4v) is 5.82. The summed E-state index contributed by atoms with van der Waals surface area (Å²) in [7, 11) is -2.89. The van der Waals surface area contributed by atoms with Crippen molar-refractivity contribution in [1.82, 2.24) is 25.6 Å². The third-order valence-corrected chi connectivity index (χ3v) is 7.80. The molecule has 6 bridgehead atoms. The standard InChI is InChI=1S/C22H24F3N6O2P/c1-34(2,33)17-5-12-4-14-15(9-27-19(14)17)18-16(22(23,24)25)10-29-21(31-18)30-13-3-11(6-26-8-13)7-28-20(12)32/h4-5,9-11,13,26-27H,3,6-8H2,1-2H3,(H,28,32)(H,29,30,31)/t11-,13-/m0/s1. The van der Waals surface area contributed by atoms with E-state index >= 15 is 0 Å². The molecule has 0 unspecified atom stereocenters. The van der Waals surface area contributed by atoms with Gasteiger partial charge in [-0.1, -0.05) is 0 Å². The highest BCUT2D eigenvalue weighted by atomic mass is 31.2. The second-order valence-electron chi connectivity index (χ2n) is 9.24. The van der Waals surface area contributed by atoms with Crippen LogP contribution in [0.3, 0.4) is 0 Å². The molecule has 12 heteroatoms. The van der Waals surface area contributed by atoms with E-state index in [0.717, 1.165) is 6.20 Å². The van der Waals surface area contributed by atoms with E-state index in [1.54, 1.807) is 19.4 Å². The first kappa shape index (κ1) is 22.9. The van der Waals surface area contributed by atoms with Gasteiger partial charge in [-0.3, -0.25) is 4.79 Å². The SMILES string of the molecule is CP(C)(=O)c1cc2cc3c(c[nH]c13)-c1nc(ncc1C(F)(F)F)N[C@@H]1CNC[C@@H](CNC2=O)C1. The Morgan fingerprint density at radius 1 is 1.15 bits per heavy atom. The van der Waals surface area contributed by atoms with Crippen LogP contribution in [0.5, 0.6) is 0 Å². The van der Waals surface area contributed by atoms with E-state index < -0.39 is 18.9 Å². The van der Waals surface area contributed by atoms with Gasteiger partial charge < -0.3 is 25.5 Å². The molecule has 0 spiro atoms. The molecule has 2 aliphatic heterocycles. The Bertz CT molecular complexity index is 1330. The molecule has 1 saturated heterocycles. The van der Waals surface area contributed by atoms with E-state index in [0.29, 0.717) is 42.3 Å². The zero-order chi connectivity index (χ0) is 24.3. The molecule has 2 aromatic heterocycles. The molecule has 3 aromatic rings. The molecule has 4 heterocycles. The van der Waals surface area contributed by atoms with Crippen molar-refractivity contribution in [3.63, 3.8) is 0 Å². The normalized spacial score (nSPS) is 21.1. The summed E-state index contributed by atoms with van der Waals surface area (Å²) in [6.07, 6.45) is -1.81. The summed E-state index contributed by atoms with van der Waals surface area (Å²) in [6.45, 7) is 4.84. The Kier molecular flexibility index (Phi) is 5.44. The van der Waals surface area contributed by atoms with Crippen LogP contribution in [0.25, 0.3) is 22.2 Å². The Balaban J connectivity index is 1.80. The molecule has 0 aliphatic carbocycles. The number of aromatic amines is 1. The van der Waals surface area contributed by atoms with Crippen LogP contribution in [0.1, 0.15) is 22.3 Å². The molecule has 0 radical (unpaired) electrons. The first-order chi connectivity index (χ1) is 16.0. The summed E-state index contributed by atoms with van der Waals surface area (Å²) >= 11 is 0. The van der Waals surface area contributed by atoms with Gasteiger partial charge in [-0.05, 0) is 44.3 Å². The van der Waals surface area contributed by atoms with Gasteiger partial charge in [0, 0.05) is 53.3 Å². The number of hydrogen-bond acceptors (Lipinski definition) is 6. The first-order valence-corrected chi connectivity index (χ1v) is 13.5. The lowest BCUT2D eigenvalue weighted by Crippen LogP contribution is -2.47. The van der Waals surface area contributed by atoms with Crippen molar-refractivity contribution < 1.29 is 22.5 Å². The van der Waals surface area contributed by atoms with Crippen molar-refractivity contribution in [2.75, 3.05) is 38.3 Å². The summed E-state index contributed by atoms with van der Waals surface area (Å²) in [5, 5.41) is 10.1. The van der Waals surface area contributed by atoms with Gasteiger partial charge in [0.15, 0.2) is 0 Å². The van der Waals surface area contributed by atoms with E-state index in [1.165, 1.54) is 12.3 Å². The highest BCUT2D eigenvalue weighted by Crippen LogP contribution is 2.42. The average Bonchev–Trinajstić information content (AvgIpc) is 3.19. The van der Waals surface area contributed by atoms with Crippen molar-refractivity contribution in [1.29, 1.82) is 0 Å². The fourth-order valence-electron chi connectivity index (χ4n) is 4.65. The molecule has 4 N–H and O–H groups in total. The molecular weight excluding hydrogens is 468 g/mol. The van der Waals surface area contributed by atoms with E-state index in [4.69, 9.17) is 0 Å². The number of amides is 1. The zero-order valence-corrected chi connectivity index (χ0v) is 19.5. The molecule has 5 rings (SSSR count). The van der Waals surface area contributed by atoms with Gasteiger partial charge in [-0.25, -0.2) is 9.97 Å². The number of benzene rings is 1. The van der Waals surface area contributed by atoms with E-state index in [9.17, 15) is 22.5 Å². The monoisotopic (exact) mass is 492 g/mol. The second-order valence-corrected chi connectivity index (χ2v) is 12.4. The molecule has 180 valence electrons. The van der Waals surface area contributed by atoms with Gasteiger partial charge in [0.25, 0.3) is 5.91 Å². The molecule has 1 amide bonds. The molecular formula is C22H24F3N6O2P. The second kappa shape index (κ2) is 8.09. The Hall–Kier alpha value is -2.91. The van der Waals surface area contributed by atoms with Crippen LogP contribution in [0.15, 0.2) is 24.5 Å². The maximum absolute atomic E-state index is 13.9. The van der Waals surface area contributed by atoms with Crippen LogP contribution in [0, 0.1) is 5.92 Å². The van der Waals surface area contributed by atoms with Crippen LogP contribution in [0.4, 0.5) is 19.1 Å². The van der Waals surface area contributed by atoms with Crippen LogP contribution < -0.4 is 21.3 Å². The van der Waals surface area contributed by atoms with Gasteiger partial charge in [-0.2, -0.15) is 13.2 Å². The topological polar surface area (TPSA) is 112 Å². The van der Waals surface area contributed by atoms with Gasteiger partial charge in [0.2, 0.25) is 5.95 Å². The highest BCUT2D eigenvalue weighted by Gasteiger charge is 2.37. The number of fused-ring (bicyclic) bond motifs is 6. The van der Waals surface area contributed by atoms with Crippen molar-refractivity contribution in [2.24, 2.45) is 5.92 Å². The van der Waals surface area contributed by atoms with Gasteiger partial charge in [-0.15, -0.1) is 0 Å². The smallest absolute Gasteiger partial charge is 0.360 e. The molecule has 2 atom stereocenters. The van der Waals surface area contributed by atoms with Crippen molar-refractivity contribution in [2.45, 2.75) is 18.6 Å². The molecule has 1 aromatic carbocycles. The summed E-state index contributed by atoms with van der Waals surface area (Å²) in [5.41, 5.74) is -0.466. The van der Waals surface area contributed by atoms with Crippen LogP contribution >= 0.6 is 7.14 Å².